The van der Waals surface area contributed by atoms with Gasteiger partial charge in [0.05, 0.1) is 13.7 Å². The van der Waals surface area contributed by atoms with E-state index in [1.165, 1.54) is 24.3 Å². The molecule has 0 bridgehead atoms. The van der Waals surface area contributed by atoms with Crippen molar-refractivity contribution in [3.63, 3.8) is 0 Å². The molecule has 2 aromatic rings. The standard InChI is InChI=1S/C20H18FNO4/c1-3-10-25-17-9-4-13(12-18(17)24-2)11-16-20(23)26-19(22-16)14-5-7-15(21)8-6-14/h4-9,11-12H,3,10H2,1-2H3. The van der Waals surface area contributed by atoms with Gasteiger partial charge in [0.1, 0.15) is 5.82 Å². The van der Waals surface area contributed by atoms with E-state index in [2.05, 4.69) is 4.99 Å². The van der Waals surface area contributed by atoms with Crippen LogP contribution in [0.1, 0.15) is 24.5 Å². The van der Waals surface area contributed by atoms with Crippen LogP contribution in [-0.4, -0.2) is 25.6 Å². The lowest BCUT2D eigenvalue weighted by Gasteiger charge is -2.10. The fourth-order valence-corrected chi connectivity index (χ4v) is 2.39. The number of hydrogen-bond acceptors (Lipinski definition) is 5. The predicted octanol–water partition coefficient (Wildman–Crippen LogP) is 3.97. The van der Waals surface area contributed by atoms with Crippen LogP contribution < -0.4 is 9.47 Å². The first-order valence-electron chi connectivity index (χ1n) is 8.20. The van der Waals surface area contributed by atoms with Crippen molar-refractivity contribution in [3.05, 3.63) is 65.1 Å². The third-order valence-electron chi connectivity index (χ3n) is 3.66. The Hall–Kier alpha value is -3.15. The van der Waals surface area contributed by atoms with Crippen LogP contribution in [-0.2, 0) is 9.53 Å². The first kappa shape index (κ1) is 17.7. The van der Waals surface area contributed by atoms with Crippen LogP contribution in [0.5, 0.6) is 11.5 Å². The topological polar surface area (TPSA) is 57.1 Å². The molecule has 0 aliphatic carbocycles. The van der Waals surface area contributed by atoms with Crippen LogP contribution >= 0.6 is 0 Å². The van der Waals surface area contributed by atoms with Crippen molar-refractivity contribution >= 4 is 17.9 Å². The van der Waals surface area contributed by atoms with Crippen molar-refractivity contribution in [3.8, 4) is 11.5 Å². The minimum Gasteiger partial charge on any atom is -0.493 e. The van der Waals surface area contributed by atoms with Crippen LogP contribution in [0.15, 0.2) is 53.2 Å². The van der Waals surface area contributed by atoms with Crippen LogP contribution in [0.25, 0.3) is 6.08 Å². The summed E-state index contributed by atoms with van der Waals surface area (Å²) in [5.41, 5.74) is 1.42. The van der Waals surface area contributed by atoms with Gasteiger partial charge in [-0.1, -0.05) is 13.0 Å². The second kappa shape index (κ2) is 7.82. The smallest absolute Gasteiger partial charge is 0.363 e. The van der Waals surface area contributed by atoms with Gasteiger partial charge in [-0.3, -0.25) is 0 Å². The first-order chi connectivity index (χ1) is 12.6. The van der Waals surface area contributed by atoms with Crippen LogP contribution in [0.3, 0.4) is 0 Å². The van der Waals surface area contributed by atoms with E-state index in [0.717, 1.165) is 12.0 Å². The largest absolute Gasteiger partial charge is 0.493 e. The molecular weight excluding hydrogens is 337 g/mol. The Balaban J connectivity index is 1.86. The molecule has 0 saturated heterocycles. The molecule has 0 atom stereocenters. The summed E-state index contributed by atoms with van der Waals surface area (Å²) in [5.74, 6) is 0.431. The highest BCUT2D eigenvalue weighted by Gasteiger charge is 2.24. The minimum absolute atomic E-state index is 0.149. The SMILES string of the molecule is CCCOc1ccc(C=C2N=C(c3ccc(F)cc3)OC2=O)cc1OC. The Morgan fingerprint density at radius 3 is 2.62 bits per heavy atom. The Kier molecular flexibility index (Phi) is 5.31. The summed E-state index contributed by atoms with van der Waals surface area (Å²) in [5, 5.41) is 0. The van der Waals surface area contributed by atoms with E-state index < -0.39 is 5.97 Å². The number of ether oxygens (including phenoxy) is 3. The number of esters is 1. The van der Waals surface area contributed by atoms with Gasteiger partial charge in [0.15, 0.2) is 17.2 Å². The van der Waals surface area contributed by atoms with Gasteiger partial charge in [0, 0.05) is 5.56 Å². The van der Waals surface area contributed by atoms with Gasteiger partial charge >= 0.3 is 5.97 Å². The molecule has 134 valence electrons. The molecule has 3 rings (SSSR count). The molecule has 1 heterocycles. The maximum atomic E-state index is 13.0. The molecule has 5 nitrogen and oxygen atoms in total. The monoisotopic (exact) mass is 355 g/mol. The summed E-state index contributed by atoms with van der Waals surface area (Å²) in [6, 6.07) is 10.9. The van der Waals surface area contributed by atoms with E-state index in [4.69, 9.17) is 14.2 Å². The lowest BCUT2D eigenvalue weighted by molar-refractivity contribution is -0.129. The zero-order valence-electron chi connectivity index (χ0n) is 14.5. The summed E-state index contributed by atoms with van der Waals surface area (Å²) in [4.78, 5) is 16.3. The highest BCUT2D eigenvalue weighted by molar-refractivity contribution is 6.12. The fraction of sp³-hybridized carbons (Fsp3) is 0.200. The van der Waals surface area contributed by atoms with Gasteiger partial charge in [-0.15, -0.1) is 0 Å². The van der Waals surface area contributed by atoms with Crippen LogP contribution in [0.4, 0.5) is 4.39 Å². The number of carbonyl (C=O) groups excluding carboxylic acids is 1. The second-order valence-corrected chi connectivity index (χ2v) is 5.60. The number of carbonyl (C=O) groups is 1. The Morgan fingerprint density at radius 2 is 1.92 bits per heavy atom. The number of nitrogens with zero attached hydrogens (tertiary/aromatic N) is 1. The van der Waals surface area contributed by atoms with E-state index in [-0.39, 0.29) is 17.4 Å². The van der Waals surface area contributed by atoms with Crippen molar-refractivity contribution < 1.29 is 23.4 Å². The van der Waals surface area contributed by atoms with E-state index in [0.29, 0.717) is 23.7 Å². The molecule has 0 amide bonds. The zero-order chi connectivity index (χ0) is 18.5. The molecule has 0 fully saturated rings. The van der Waals surface area contributed by atoms with Gasteiger partial charge in [-0.05, 0) is 54.5 Å². The zero-order valence-corrected chi connectivity index (χ0v) is 14.5. The summed E-state index contributed by atoms with van der Waals surface area (Å²) in [6.45, 7) is 2.61. The summed E-state index contributed by atoms with van der Waals surface area (Å²) in [7, 11) is 1.56. The van der Waals surface area contributed by atoms with Gasteiger partial charge in [0.25, 0.3) is 0 Å². The number of rotatable bonds is 6. The van der Waals surface area contributed by atoms with Crippen LogP contribution in [0, 0.1) is 5.82 Å². The maximum absolute atomic E-state index is 13.0. The summed E-state index contributed by atoms with van der Waals surface area (Å²) >= 11 is 0. The number of halogens is 1. The maximum Gasteiger partial charge on any atom is 0.363 e. The highest BCUT2D eigenvalue weighted by Crippen LogP contribution is 2.30. The third kappa shape index (κ3) is 3.91. The molecule has 6 heteroatoms. The summed E-state index contributed by atoms with van der Waals surface area (Å²) < 4.78 is 29.1. The molecule has 0 unspecified atom stereocenters. The molecule has 0 N–H and O–H groups in total. The second-order valence-electron chi connectivity index (χ2n) is 5.60. The van der Waals surface area contributed by atoms with E-state index >= 15 is 0 Å². The quantitative estimate of drug-likeness (QED) is 0.581. The molecule has 2 aromatic carbocycles. The van der Waals surface area contributed by atoms with Crippen LogP contribution in [0.2, 0.25) is 0 Å². The molecule has 1 aliphatic heterocycles. The Labute approximate surface area is 150 Å². The first-order valence-corrected chi connectivity index (χ1v) is 8.20. The van der Waals surface area contributed by atoms with E-state index in [9.17, 15) is 9.18 Å². The lowest BCUT2D eigenvalue weighted by Crippen LogP contribution is -2.05. The molecule has 0 aromatic heterocycles. The fourth-order valence-electron chi connectivity index (χ4n) is 2.39. The Bertz CT molecular complexity index is 872. The number of cyclic esters (lactones) is 1. The number of methoxy groups -OCH3 is 1. The molecular formula is C20H18FNO4. The average molecular weight is 355 g/mol. The number of aliphatic imine (C=N–C) groups is 1. The minimum atomic E-state index is -0.561. The number of hydrogen-bond donors (Lipinski definition) is 0. The van der Waals surface area contributed by atoms with Crippen molar-refractivity contribution in [1.82, 2.24) is 0 Å². The number of benzene rings is 2. The van der Waals surface area contributed by atoms with Gasteiger partial charge in [-0.25, -0.2) is 14.2 Å². The molecule has 0 spiro atoms. The normalized spacial score (nSPS) is 15.0. The predicted molar refractivity (Wildman–Crippen MR) is 95.8 cm³/mol. The molecule has 0 saturated carbocycles. The van der Waals surface area contributed by atoms with Crippen molar-refractivity contribution in [2.45, 2.75) is 13.3 Å². The van der Waals surface area contributed by atoms with Crippen molar-refractivity contribution in [2.24, 2.45) is 4.99 Å². The van der Waals surface area contributed by atoms with Gasteiger partial charge in [-0.2, -0.15) is 0 Å². The molecule has 26 heavy (non-hydrogen) atoms. The Morgan fingerprint density at radius 1 is 1.15 bits per heavy atom. The summed E-state index contributed by atoms with van der Waals surface area (Å²) in [6.07, 6.45) is 2.49. The highest BCUT2D eigenvalue weighted by atomic mass is 19.1. The third-order valence-corrected chi connectivity index (χ3v) is 3.66. The van der Waals surface area contributed by atoms with E-state index in [1.54, 1.807) is 31.4 Å². The van der Waals surface area contributed by atoms with Crippen molar-refractivity contribution in [1.29, 1.82) is 0 Å². The van der Waals surface area contributed by atoms with E-state index in [1.807, 2.05) is 6.92 Å². The van der Waals surface area contributed by atoms with Crippen molar-refractivity contribution in [2.75, 3.05) is 13.7 Å². The lowest BCUT2D eigenvalue weighted by atomic mass is 10.1. The molecule has 0 radical (unpaired) electrons. The average Bonchev–Trinajstić information content (AvgIpc) is 3.01. The molecule has 1 aliphatic rings. The van der Waals surface area contributed by atoms with Gasteiger partial charge < -0.3 is 14.2 Å². The van der Waals surface area contributed by atoms with Gasteiger partial charge in [0.2, 0.25) is 5.90 Å².